The largest absolute Gasteiger partial charge is 0.342 e. The van der Waals surface area contributed by atoms with Crippen LogP contribution < -0.4 is 9.80 Å². The first-order chi connectivity index (χ1) is 53.0. The number of hydrogen-bond acceptors (Lipinski definition) is 18. The monoisotopic (exact) mass is 1410 g/mol. The number of nitrogens with zero attached hydrogens (tertiary/aromatic N) is 12. The van der Waals surface area contributed by atoms with Gasteiger partial charge in [-0.3, -0.25) is 0 Å². The summed E-state index contributed by atoms with van der Waals surface area (Å²) in [6, 6.07) is 93.7. The van der Waals surface area contributed by atoms with Gasteiger partial charge in [0.1, 0.15) is 6.01 Å². The molecule has 1 aliphatic heterocycles. The number of hydrogen-bond donors (Lipinski definition) is 0. The molecule has 13 rings (SSSR count). The van der Waals surface area contributed by atoms with E-state index < -0.39 is 0 Å². The van der Waals surface area contributed by atoms with E-state index in [2.05, 4.69) is 50.9 Å². The van der Waals surface area contributed by atoms with Gasteiger partial charge >= 0.3 is 6.03 Å². The Hall–Kier alpha value is -15.4. The molecule has 0 aromatic heterocycles. The van der Waals surface area contributed by atoms with E-state index in [0.29, 0.717) is 82.1 Å². The number of guanidine groups is 1. The molecule has 520 valence electrons. The maximum absolute atomic E-state index is 13.9. The van der Waals surface area contributed by atoms with Crippen molar-refractivity contribution >= 4 is 129 Å². The van der Waals surface area contributed by atoms with E-state index in [-0.39, 0.29) is 6.03 Å². The van der Waals surface area contributed by atoms with Crippen molar-refractivity contribution in [3.05, 3.63) is 358 Å². The van der Waals surface area contributed by atoms with Gasteiger partial charge in [-0.15, -0.1) is 0 Å². The summed E-state index contributed by atoms with van der Waals surface area (Å²) >= 11 is 0. The van der Waals surface area contributed by atoms with E-state index in [0.717, 1.165) is 97.4 Å². The standard InChI is InChI=1S/C44H30N6O4.C29H20N4O2.C15H10N2O2/c51-28-45-37-13-1-31(2-14-37)25-34-7-19-40(20-8-34)48-43-49(41-21-9-35(10-22-41)26-32-3-15-38(16-4-32)46-29-52)44(54)50(43)42-23-11-36(12-24-42)27-33-5-17-39(18-6-33)47-30-53;34-20-32-28-13-5-24(6-14-28)17-22-1-9-26(10-2-22)30-19-31-27-11-3-23(4-12-27)18-25-7-15-29(16-8-25)33-21-35;18-10-16-14-5-1-12(2-6-14)9-13-3-7-15(8-4-13)17-11-19/h1-24H,25-27H2;1-16H,17-18H2;1-8H,9H2. The number of benzene rings is 12. The van der Waals surface area contributed by atoms with Gasteiger partial charge in [-0.2, -0.15) is 44.9 Å². The summed E-state index contributed by atoms with van der Waals surface area (Å²) in [6.07, 6.45) is 15.1. The van der Waals surface area contributed by atoms with Crippen LogP contribution in [0.25, 0.3) is 0 Å². The Balaban J connectivity index is 0.000000183. The number of carbonyl (C=O) groups excluding carboxylic acids is 8. The summed E-state index contributed by atoms with van der Waals surface area (Å²) in [6.45, 7) is 0. The SMILES string of the molecule is O=C=Nc1ccc(Cc2ccc(N=C3N(c4ccc(Cc5ccc(N=C=O)cc5)cc4)C(=O)N3c3ccc(Cc4ccc(N=C=O)cc4)cc3)cc2)cc1.O=C=Nc1ccc(Cc2ccc(N=C=Nc3ccc(Cc4ccc(N=C=O)cc4)cc3)cc2)cc1.O=C=Nc1ccc(Cc2ccc(N=C=O)cc2)cc1. The van der Waals surface area contributed by atoms with Crippen molar-refractivity contribution in [2.45, 2.75) is 38.5 Å². The van der Waals surface area contributed by atoms with Crippen LogP contribution >= 0.6 is 0 Å². The molecule has 1 heterocycles. The average Bonchev–Trinajstić information content (AvgIpc) is 0.738. The second-order valence-electron chi connectivity index (χ2n) is 24.2. The molecule has 0 spiro atoms. The highest BCUT2D eigenvalue weighted by Gasteiger charge is 2.44. The van der Waals surface area contributed by atoms with Gasteiger partial charge in [0.2, 0.25) is 48.5 Å². The van der Waals surface area contributed by atoms with Crippen molar-refractivity contribution < 1.29 is 38.4 Å². The van der Waals surface area contributed by atoms with Gasteiger partial charge in [-0.1, -0.05) is 146 Å². The highest BCUT2D eigenvalue weighted by Crippen LogP contribution is 2.34. The zero-order chi connectivity index (χ0) is 75.1. The minimum atomic E-state index is -0.231. The van der Waals surface area contributed by atoms with Crippen molar-refractivity contribution in [2.75, 3.05) is 9.80 Å². The normalized spacial score (nSPS) is 10.7. The van der Waals surface area contributed by atoms with E-state index in [4.69, 9.17) is 4.99 Å². The van der Waals surface area contributed by atoms with Crippen molar-refractivity contribution in [1.82, 2.24) is 0 Å². The lowest BCUT2D eigenvalue weighted by Crippen LogP contribution is -2.65. The summed E-state index contributed by atoms with van der Waals surface area (Å²) in [5, 5.41) is 0. The number of aliphatic imine (C=N–C) groups is 10. The molecular formula is C88H60N12O8. The summed E-state index contributed by atoms with van der Waals surface area (Å²) < 4.78 is 0. The lowest BCUT2D eigenvalue weighted by molar-refractivity contribution is 0.253. The number of urea groups is 1. The Morgan fingerprint density at radius 1 is 0.194 bits per heavy atom. The van der Waals surface area contributed by atoms with E-state index in [1.165, 1.54) is 12.2 Å². The second-order valence-corrected chi connectivity index (χ2v) is 24.2. The minimum absolute atomic E-state index is 0.231. The Kier molecular flexibility index (Phi) is 26.0. The quantitative estimate of drug-likeness (QED) is 0.0413. The van der Waals surface area contributed by atoms with E-state index >= 15 is 0 Å². The van der Waals surface area contributed by atoms with E-state index in [1.807, 2.05) is 206 Å². The smallest absolute Gasteiger partial charge is 0.247 e. The number of rotatable bonds is 24. The molecule has 0 N–H and O–H groups in total. The molecule has 0 unspecified atom stereocenters. The molecule has 12 aromatic rings. The molecule has 20 nitrogen and oxygen atoms in total. The van der Waals surface area contributed by atoms with Crippen LogP contribution in [0.15, 0.2) is 341 Å². The van der Waals surface area contributed by atoms with Crippen molar-refractivity contribution in [3.63, 3.8) is 0 Å². The highest BCUT2D eigenvalue weighted by molar-refractivity contribution is 6.43. The van der Waals surface area contributed by atoms with Crippen LogP contribution in [0.2, 0.25) is 0 Å². The fourth-order valence-corrected chi connectivity index (χ4v) is 11.3. The molecule has 2 amide bonds. The molecule has 108 heavy (non-hydrogen) atoms. The van der Waals surface area contributed by atoms with Gasteiger partial charge in [0.25, 0.3) is 0 Å². The zero-order valence-corrected chi connectivity index (χ0v) is 57.6. The molecule has 20 heteroatoms. The lowest BCUT2D eigenvalue weighted by Gasteiger charge is -2.42. The van der Waals surface area contributed by atoms with E-state index in [9.17, 15) is 38.4 Å². The third kappa shape index (κ3) is 21.6. The van der Waals surface area contributed by atoms with Crippen LogP contribution in [-0.2, 0) is 72.1 Å². The molecule has 0 saturated carbocycles. The maximum Gasteiger partial charge on any atom is 0.342 e. The third-order valence-corrected chi connectivity index (χ3v) is 16.8. The fraction of sp³-hybridized carbons (Fsp3) is 0.0682. The van der Waals surface area contributed by atoms with Gasteiger partial charge < -0.3 is 0 Å². The summed E-state index contributed by atoms with van der Waals surface area (Å²) in [5.41, 5.74) is 20.8. The Bertz CT molecular complexity index is 5290. The van der Waals surface area contributed by atoms with Gasteiger partial charge in [0.05, 0.1) is 68.2 Å². The van der Waals surface area contributed by atoms with Crippen LogP contribution in [0.1, 0.15) is 66.8 Å². The molecule has 0 radical (unpaired) electrons. The van der Waals surface area contributed by atoms with Crippen LogP contribution in [0.4, 0.5) is 73.0 Å². The first-order valence-corrected chi connectivity index (χ1v) is 33.5. The molecule has 1 fully saturated rings. The lowest BCUT2D eigenvalue weighted by atomic mass is 10.0. The topological polar surface area (TPSA) is 267 Å². The van der Waals surface area contributed by atoms with E-state index in [1.54, 1.807) is 125 Å². The molecule has 1 aliphatic rings. The molecule has 12 aromatic carbocycles. The zero-order valence-electron chi connectivity index (χ0n) is 57.6. The second kappa shape index (κ2) is 38.0. The molecule has 0 bridgehead atoms. The predicted octanol–water partition coefficient (Wildman–Crippen LogP) is 19.6. The van der Waals surface area contributed by atoms with Gasteiger partial charge in [-0.05, 0) is 251 Å². The number of isocyanates is 7. The first-order valence-electron chi connectivity index (χ1n) is 33.5. The average molecular weight is 1410 g/mol. The summed E-state index contributed by atoms with van der Waals surface area (Å²) in [5.74, 6) is 0.470. The highest BCUT2D eigenvalue weighted by atomic mass is 16.2. The number of carbonyl (C=O) groups is 1. The van der Waals surface area contributed by atoms with Crippen molar-refractivity contribution in [2.24, 2.45) is 49.9 Å². The predicted molar refractivity (Wildman–Crippen MR) is 415 cm³/mol. The summed E-state index contributed by atoms with van der Waals surface area (Å²) in [4.78, 5) is 128. The molecule has 0 atom stereocenters. The van der Waals surface area contributed by atoms with Crippen LogP contribution in [0.3, 0.4) is 0 Å². The maximum atomic E-state index is 13.9. The summed E-state index contributed by atoms with van der Waals surface area (Å²) in [7, 11) is 0. The van der Waals surface area contributed by atoms with Gasteiger partial charge in [0, 0.05) is 0 Å². The third-order valence-electron chi connectivity index (χ3n) is 16.8. The van der Waals surface area contributed by atoms with Crippen molar-refractivity contribution in [3.8, 4) is 0 Å². The van der Waals surface area contributed by atoms with Crippen LogP contribution in [0, 0.1) is 0 Å². The molecule has 1 saturated heterocycles. The van der Waals surface area contributed by atoms with Crippen LogP contribution in [0.5, 0.6) is 0 Å². The number of amides is 2. The molecule has 0 aliphatic carbocycles. The van der Waals surface area contributed by atoms with Crippen LogP contribution in [-0.4, -0.2) is 60.6 Å². The molecular weight excluding hydrogens is 1350 g/mol. The Labute approximate surface area is 620 Å². The number of anilines is 2. The van der Waals surface area contributed by atoms with Crippen molar-refractivity contribution in [1.29, 1.82) is 0 Å². The Morgan fingerprint density at radius 2 is 0.343 bits per heavy atom. The Morgan fingerprint density at radius 3 is 0.509 bits per heavy atom. The van der Waals surface area contributed by atoms with Gasteiger partial charge in [0.15, 0.2) is 0 Å². The first kappa shape index (κ1) is 73.8. The minimum Gasteiger partial charge on any atom is -0.247 e. The fourth-order valence-electron chi connectivity index (χ4n) is 11.3. The van der Waals surface area contributed by atoms with Gasteiger partial charge in [-0.25, -0.2) is 53.1 Å².